The number of fused-ring (bicyclic) bond motifs is 1. The Bertz CT molecular complexity index is 990. The Morgan fingerprint density at radius 3 is 2.38 bits per heavy atom. The van der Waals surface area contributed by atoms with Crippen molar-refractivity contribution < 1.29 is 4.63 Å². The highest BCUT2D eigenvalue weighted by Gasteiger charge is 2.31. The minimum absolute atomic E-state index is 0.158. The fraction of sp³-hybridized carbons (Fsp3) is 0.500. The summed E-state index contributed by atoms with van der Waals surface area (Å²) < 4.78 is 5.08. The largest absolute Gasteiger partial charge is 0.369 e. The van der Waals surface area contributed by atoms with Gasteiger partial charge < -0.3 is 9.80 Å². The molecule has 152 valence electrons. The number of hydrogen-bond donors (Lipinski definition) is 0. The number of anilines is 1. The summed E-state index contributed by atoms with van der Waals surface area (Å²) >= 11 is 0. The second-order valence-corrected chi connectivity index (χ2v) is 9.73. The van der Waals surface area contributed by atoms with Gasteiger partial charge in [-0.15, -0.1) is 0 Å². The molecule has 0 amide bonds. The predicted molar refractivity (Wildman–Crippen MR) is 117 cm³/mol. The van der Waals surface area contributed by atoms with Crippen molar-refractivity contribution in [2.24, 2.45) is 5.92 Å². The molecule has 0 aliphatic carbocycles. The first-order valence-electron chi connectivity index (χ1n) is 10.8. The Kier molecular flexibility index (Phi) is 4.58. The van der Waals surface area contributed by atoms with Gasteiger partial charge in [-0.2, -0.15) is 0 Å². The number of benzene rings is 2. The molecule has 29 heavy (non-hydrogen) atoms. The molecule has 2 aliphatic rings. The first-order valence-corrected chi connectivity index (χ1v) is 10.8. The second-order valence-electron chi connectivity index (χ2n) is 9.73. The minimum Gasteiger partial charge on any atom is -0.369 e. The minimum atomic E-state index is 0.158. The van der Waals surface area contributed by atoms with Crippen LogP contribution in [0, 0.1) is 5.92 Å². The van der Waals surface area contributed by atoms with E-state index in [-0.39, 0.29) is 5.41 Å². The standard InChI is InChI=1S/C24H30N4O/c1-24(2,3)20-8-6-18(7-9-20)19-12-21-23(26-29-25-21)22(13-19)28-15-17(16-28)14-27-10-4-5-11-27/h6-9,12-13,17H,4-5,10-11,14-16H2,1-3H3. The van der Waals surface area contributed by atoms with E-state index in [1.807, 2.05) is 0 Å². The SMILES string of the molecule is CC(C)(C)c1ccc(-c2cc(N3CC(CN4CCCC4)C3)c3nonc3c2)cc1. The van der Waals surface area contributed by atoms with Crippen LogP contribution in [0.4, 0.5) is 5.69 Å². The lowest BCUT2D eigenvalue weighted by Crippen LogP contribution is -2.51. The van der Waals surface area contributed by atoms with Crippen LogP contribution in [0.3, 0.4) is 0 Å². The zero-order valence-electron chi connectivity index (χ0n) is 17.7. The zero-order chi connectivity index (χ0) is 20.0. The van der Waals surface area contributed by atoms with Gasteiger partial charge in [-0.1, -0.05) is 45.0 Å². The third-order valence-corrected chi connectivity index (χ3v) is 6.44. The van der Waals surface area contributed by atoms with Gasteiger partial charge in [0.1, 0.15) is 5.52 Å². The molecule has 2 aromatic carbocycles. The van der Waals surface area contributed by atoms with Crippen LogP contribution in [0.15, 0.2) is 41.0 Å². The summed E-state index contributed by atoms with van der Waals surface area (Å²) in [5, 5.41) is 8.34. The smallest absolute Gasteiger partial charge is 0.158 e. The number of nitrogens with zero attached hydrogens (tertiary/aromatic N) is 4. The predicted octanol–water partition coefficient (Wildman–Crippen LogP) is 4.72. The molecule has 0 atom stereocenters. The first-order chi connectivity index (χ1) is 14.0. The Balaban J connectivity index is 1.39. The first kappa shape index (κ1) is 18.6. The maximum absolute atomic E-state index is 5.08. The molecule has 0 unspecified atom stereocenters. The highest BCUT2D eigenvalue weighted by atomic mass is 16.6. The van der Waals surface area contributed by atoms with Crippen LogP contribution in [0.2, 0.25) is 0 Å². The van der Waals surface area contributed by atoms with E-state index in [0.29, 0.717) is 0 Å². The van der Waals surface area contributed by atoms with Crippen molar-refractivity contribution >= 4 is 16.7 Å². The Labute approximate surface area is 172 Å². The number of hydrogen-bond acceptors (Lipinski definition) is 5. The van der Waals surface area contributed by atoms with Gasteiger partial charge in [-0.05, 0) is 70.5 Å². The molecule has 3 heterocycles. The summed E-state index contributed by atoms with van der Waals surface area (Å²) in [5.74, 6) is 0.748. The van der Waals surface area contributed by atoms with Gasteiger partial charge in [0.25, 0.3) is 0 Å². The van der Waals surface area contributed by atoms with Crippen molar-refractivity contribution in [2.75, 3.05) is 37.6 Å². The number of aromatic nitrogens is 2. The average molecular weight is 391 g/mol. The van der Waals surface area contributed by atoms with Crippen LogP contribution in [0.5, 0.6) is 0 Å². The molecule has 1 aromatic heterocycles. The summed E-state index contributed by atoms with van der Waals surface area (Å²) in [6, 6.07) is 13.2. The lowest BCUT2D eigenvalue weighted by atomic mass is 9.86. The molecule has 5 rings (SSSR count). The summed E-state index contributed by atoms with van der Waals surface area (Å²) in [4.78, 5) is 5.04. The van der Waals surface area contributed by atoms with E-state index in [1.165, 1.54) is 49.2 Å². The van der Waals surface area contributed by atoms with Gasteiger partial charge in [-0.3, -0.25) is 0 Å². The molecule has 5 nitrogen and oxygen atoms in total. The molecular weight excluding hydrogens is 360 g/mol. The molecule has 3 aromatic rings. The number of likely N-dealkylation sites (tertiary alicyclic amines) is 1. The van der Waals surface area contributed by atoms with E-state index >= 15 is 0 Å². The molecule has 5 heteroatoms. The molecular formula is C24H30N4O. The molecule has 0 radical (unpaired) electrons. The molecule has 0 N–H and O–H groups in total. The average Bonchev–Trinajstić information content (AvgIpc) is 3.34. The van der Waals surface area contributed by atoms with Gasteiger partial charge in [-0.25, -0.2) is 4.63 Å². The lowest BCUT2D eigenvalue weighted by molar-refractivity contribution is 0.247. The topological polar surface area (TPSA) is 45.4 Å². The van der Waals surface area contributed by atoms with Gasteiger partial charge in [0.2, 0.25) is 0 Å². The lowest BCUT2D eigenvalue weighted by Gasteiger charge is -2.42. The van der Waals surface area contributed by atoms with Gasteiger partial charge in [0.15, 0.2) is 5.52 Å². The van der Waals surface area contributed by atoms with Crippen LogP contribution < -0.4 is 4.90 Å². The molecule has 2 aliphatic heterocycles. The van der Waals surface area contributed by atoms with Crippen molar-refractivity contribution in [3.05, 3.63) is 42.0 Å². The summed E-state index contributed by atoms with van der Waals surface area (Å²) in [6.45, 7) is 12.7. The van der Waals surface area contributed by atoms with E-state index in [2.05, 4.69) is 77.3 Å². The van der Waals surface area contributed by atoms with E-state index in [0.717, 1.165) is 35.7 Å². The zero-order valence-corrected chi connectivity index (χ0v) is 17.7. The maximum atomic E-state index is 5.08. The van der Waals surface area contributed by atoms with Crippen molar-refractivity contribution in [2.45, 2.75) is 39.0 Å². The van der Waals surface area contributed by atoms with Crippen molar-refractivity contribution in [3.8, 4) is 11.1 Å². The van der Waals surface area contributed by atoms with Crippen molar-refractivity contribution in [1.82, 2.24) is 15.2 Å². The van der Waals surface area contributed by atoms with E-state index in [4.69, 9.17) is 4.63 Å². The molecule has 2 fully saturated rings. The normalized spacial score (nSPS) is 18.5. The van der Waals surface area contributed by atoms with Crippen LogP contribution >= 0.6 is 0 Å². The molecule has 2 saturated heterocycles. The van der Waals surface area contributed by atoms with E-state index in [1.54, 1.807) is 0 Å². The van der Waals surface area contributed by atoms with Gasteiger partial charge in [0.05, 0.1) is 5.69 Å². The third-order valence-electron chi connectivity index (χ3n) is 6.44. The Morgan fingerprint density at radius 1 is 0.966 bits per heavy atom. The highest BCUT2D eigenvalue weighted by Crippen LogP contribution is 2.36. The molecule has 0 saturated carbocycles. The number of rotatable bonds is 4. The third kappa shape index (κ3) is 3.64. The van der Waals surface area contributed by atoms with Crippen LogP contribution in [-0.4, -0.2) is 47.9 Å². The fourth-order valence-corrected chi connectivity index (χ4v) is 4.66. The van der Waals surface area contributed by atoms with E-state index in [9.17, 15) is 0 Å². The second kappa shape index (κ2) is 7.13. The van der Waals surface area contributed by atoms with Gasteiger partial charge >= 0.3 is 0 Å². The molecule has 0 spiro atoms. The highest BCUT2D eigenvalue weighted by molar-refractivity contribution is 5.93. The molecule has 0 bridgehead atoms. The monoisotopic (exact) mass is 390 g/mol. The van der Waals surface area contributed by atoms with Crippen molar-refractivity contribution in [3.63, 3.8) is 0 Å². The summed E-state index contributed by atoms with van der Waals surface area (Å²) in [6.07, 6.45) is 2.72. The summed E-state index contributed by atoms with van der Waals surface area (Å²) in [7, 11) is 0. The van der Waals surface area contributed by atoms with Crippen LogP contribution in [0.25, 0.3) is 22.2 Å². The quantitative estimate of drug-likeness (QED) is 0.645. The van der Waals surface area contributed by atoms with Crippen LogP contribution in [-0.2, 0) is 5.41 Å². The maximum Gasteiger partial charge on any atom is 0.158 e. The van der Waals surface area contributed by atoms with Crippen LogP contribution in [0.1, 0.15) is 39.2 Å². The van der Waals surface area contributed by atoms with E-state index < -0.39 is 0 Å². The summed E-state index contributed by atoms with van der Waals surface area (Å²) in [5.41, 5.74) is 6.74. The Morgan fingerprint density at radius 2 is 1.69 bits per heavy atom. The van der Waals surface area contributed by atoms with Crippen molar-refractivity contribution in [1.29, 1.82) is 0 Å². The fourth-order valence-electron chi connectivity index (χ4n) is 4.66. The Hall–Kier alpha value is -2.40. The van der Waals surface area contributed by atoms with Gasteiger partial charge in [0, 0.05) is 25.6 Å².